The number of hydrogen-bond acceptors (Lipinski definition) is 3. The normalized spacial score (nSPS) is 17.8. The van der Waals surface area contributed by atoms with Crippen LogP contribution < -0.4 is 5.32 Å². The van der Waals surface area contributed by atoms with E-state index in [1.165, 1.54) is 11.1 Å². The topological polar surface area (TPSA) is 41.6 Å². The maximum atomic E-state index is 12.4. The Bertz CT molecular complexity index is 461. The van der Waals surface area contributed by atoms with E-state index >= 15 is 0 Å². The van der Waals surface area contributed by atoms with Gasteiger partial charge in [0.05, 0.1) is 13.2 Å². The van der Waals surface area contributed by atoms with Crippen molar-refractivity contribution in [2.45, 2.75) is 27.2 Å². The maximum Gasteiger partial charge on any atom is 0.241 e. The summed E-state index contributed by atoms with van der Waals surface area (Å²) in [6, 6.07) is 6.16. The second kappa shape index (κ2) is 7.46. The minimum absolute atomic E-state index is 0.159. The lowest BCUT2D eigenvalue weighted by Crippen LogP contribution is -2.39. The molecule has 1 heterocycles. The number of hydrogen-bond donors (Lipinski definition) is 1. The smallest absolute Gasteiger partial charge is 0.241 e. The van der Waals surface area contributed by atoms with Gasteiger partial charge in [-0.15, -0.1) is 0 Å². The SMILES string of the molecule is CCN(C[C@@H]1CCOC1)C(=O)CNc1c(C)cccc1C. The highest BCUT2D eigenvalue weighted by molar-refractivity contribution is 5.81. The van der Waals surface area contributed by atoms with Crippen molar-refractivity contribution in [3.8, 4) is 0 Å². The summed E-state index contributed by atoms with van der Waals surface area (Å²) in [5, 5.41) is 3.30. The average molecular weight is 290 g/mol. The van der Waals surface area contributed by atoms with E-state index in [1.807, 2.05) is 17.9 Å². The molecule has 0 saturated carbocycles. The Hall–Kier alpha value is -1.55. The Morgan fingerprint density at radius 1 is 1.38 bits per heavy atom. The van der Waals surface area contributed by atoms with Gasteiger partial charge in [-0.25, -0.2) is 0 Å². The molecule has 4 heteroatoms. The number of ether oxygens (including phenoxy) is 1. The number of anilines is 1. The van der Waals surface area contributed by atoms with Crippen LogP contribution in [0.15, 0.2) is 18.2 Å². The van der Waals surface area contributed by atoms with E-state index in [0.717, 1.165) is 38.4 Å². The van der Waals surface area contributed by atoms with Crippen molar-refractivity contribution < 1.29 is 9.53 Å². The number of carbonyl (C=O) groups excluding carboxylic acids is 1. The highest BCUT2D eigenvalue weighted by Gasteiger charge is 2.21. The van der Waals surface area contributed by atoms with Gasteiger partial charge < -0.3 is 15.0 Å². The predicted molar refractivity (Wildman–Crippen MR) is 85.6 cm³/mol. The number of nitrogens with one attached hydrogen (secondary N) is 1. The lowest BCUT2D eigenvalue weighted by atomic mass is 10.1. The molecule has 1 fully saturated rings. The third-order valence-corrected chi connectivity index (χ3v) is 4.13. The van der Waals surface area contributed by atoms with E-state index in [2.05, 4.69) is 31.3 Å². The van der Waals surface area contributed by atoms with Crippen molar-refractivity contribution in [3.63, 3.8) is 0 Å². The zero-order valence-corrected chi connectivity index (χ0v) is 13.3. The number of likely N-dealkylation sites (N-methyl/N-ethyl adjacent to an activating group) is 1. The van der Waals surface area contributed by atoms with Gasteiger partial charge in [0.15, 0.2) is 0 Å². The quantitative estimate of drug-likeness (QED) is 0.875. The molecule has 1 aliphatic rings. The molecule has 0 unspecified atom stereocenters. The van der Waals surface area contributed by atoms with Crippen LogP contribution in [-0.4, -0.2) is 43.7 Å². The summed E-state index contributed by atoms with van der Waals surface area (Å²) < 4.78 is 5.39. The van der Waals surface area contributed by atoms with Gasteiger partial charge in [0.2, 0.25) is 5.91 Å². The van der Waals surface area contributed by atoms with Crippen LogP contribution in [0.3, 0.4) is 0 Å². The summed E-state index contributed by atoms with van der Waals surface area (Å²) in [5.74, 6) is 0.654. The second-order valence-electron chi connectivity index (χ2n) is 5.78. The minimum Gasteiger partial charge on any atom is -0.381 e. The standard InChI is InChI=1S/C17H26N2O2/c1-4-19(11-15-8-9-21-12-15)16(20)10-18-17-13(2)6-5-7-14(17)3/h5-7,15,18H,4,8-12H2,1-3H3/t15-/m0/s1. The van der Waals surface area contributed by atoms with Crippen molar-refractivity contribution in [1.82, 2.24) is 4.90 Å². The molecule has 1 atom stereocenters. The number of nitrogens with zero attached hydrogens (tertiary/aromatic N) is 1. The zero-order chi connectivity index (χ0) is 15.2. The molecule has 21 heavy (non-hydrogen) atoms. The van der Waals surface area contributed by atoms with Crippen molar-refractivity contribution >= 4 is 11.6 Å². The molecule has 1 N–H and O–H groups in total. The number of aryl methyl sites for hydroxylation is 2. The first-order chi connectivity index (χ1) is 10.1. The third-order valence-electron chi connectivity index (χ3n) is 4.13. The van der Waals surface area contributed by atoms with Gasteiger partial charge in [-0.05, 0) is 38.3 Å². The molecule has 1 amide bonds. The summed E-state index contributed by atoms with van der Waals surface area (Å²) in [7, 11) is 0. The summed E-state index contributed by atoms with van der Waals surface area (Å²) in [6.45, 7) is 9.69. The molecular weight excluding hydrogens is 264 g/mol. The summed E-state index contributed by atoms with van der Waals surface area (Å²) in [4.78, 5) is 14.3. The predicted octanol–water partition coefficient (Wildman–Crippen LogP) is 2.60. The van der Waals surface area contributed by atoms with Gasteiger partial charge in [0, 0.05) is 31.3 Å². The first-order valence-electron chi connectivity index (χ1n) is 7.77. The lowest BCUT2D eigenvalue weighted by Gasteiger charge is -2.24. The van der Waals surface area contributed by atoms with Crippen molar-refractivity contribution in [3.05, 3.63) is 29.3 Å². The van der Waals surface area contributed by atoms with Gasteiger partial charge in [0.25, 0.3) is 0 Å². The van der Waals surface area contributed by atoms with Crippen LogP contribution >= 0.6 is 0 Å². The number of rotatable bonds is 6. The molecular formula is C17H26N2O2. The number of amides is 1. The maximum absolute atomic E-state index is 12.4. The van der Waals surface area contributed by atoms with Crippen LogP contribution in [0.1, 0.15) is 24.5 Å². The summed E-state index contributed by atoms with van der Waals surface area (Å²) in [5.41, 5.74) is 3.43. The van der Waals surface area contributed by atoms with Gasteiger partial charge in [0.1, 0.15) is 0 Å². The monoisotopic (exact) mass is 290 g/mol. The first-order valence-corrected chi connectivity index (χ1v) is 7.77. The molecule has 1 aromatic carbocycles. The van der Waals surface area contributed by atoms with Crippen LogP contribution in [0.5, 0.6) is 0 Å². The fourth-order valence-corrected chi connectivity index (χ4v) is 2.82. The highest BCUT2D eigenvalue weighted by Crippen LogP contribution is 2.19. The third kappa shape index (κ3) is 4.21. The van der Waals surface area contributed by atoms with Crippen LogP contribution in [0.4, 0.5) is 5.69 Å². The molecule has 2 rings (SSSR count). The highest BCUT2D eigenvalue weighted by atomic mass is 16.5. The average Bonchev–Trinajstić information content (AvgIpc) is 2.97. The molecule has 1 aromatic rings. The van der Waals surface area contributed by atoms with Crippen LogP contribution in [-0.2, 0) is 9.53 Å². The molecule has 0 radical (unpaired) electrons. The van der Waals surface area contributed by atoms with E-state index in [-0.39, 0.29) is 5.91 Å². The minimum atomic E-state index is 0.159. The largest absolute Gasteiger partial charge is 0.381 e. The molecule has 0 aromatic heterocycles. The van der Waals surface area contributed by atoms with Gasteiger partial charge in [-0.3, -0.25) is 4.79 Å². The Balaban J connectivity index is 1.90. The first kappa shape index (κ1) is 15.8. The fraction of sp³-hybridized carbons (Fsp3) is 0.588. The fourth-order valence-electron chi connectivity index (χ4n) is 2.82. The van der Waals surface area contributed by atoms with Crippen LogP contribution in [0.25, 0.3) is 0 Å². The Labute approximate surface area is 127 Å². The Morgan fingerprint density at radius 2 is 2.10 bits per heavy atom. The summed E-state index contributed by atoms with van der Waals surface area (Å²) >= 11 is 0. The lowest BCUT2D eigenvalue weighted by molar-refractivity contribution is -0.129. The molecule has 116 valence electrons. The molecule has 0 spiro atoms. The van der Waals surface area contributed by atoms with Gasteiger partial charge in [-0.1, -0.05) is 18.2 Å². The zero-order valence-electron chi connectivity index (χ0n) is 13.3. The molecule has 1 saturated heterocycles. The van der Waals surface area contributed by atoms with E-state index in [1.54, 1.807) is 0 Å². The van der Waals surface area contributed by atoms with Crippen molar-refractivity contribution in [2.75, 3.05) is 38.2 Å². The van der Waals surface area contributed by atoms with Gasteiger partial charge >= 0.3 is 0 Å². The summed E-state index contributed by atoms with van der Waals surface area (Å²) in [6.07, 6.45) is 1.06. The molecule has 0 bridgehead atoms. The molecule has 0 aliphatic carbocycles. The van der Waals surface area contributed by atoms with E-state index < -0.39 is 0 Å². The second-order valence-corrected chi connectivity index (χ2v) is 5.78. The van der Waals surface area contributed by atoms with Crippen LogP contribution in [0, 0.1) is 19.8 Å². The van der Waals surface area contributed by atoms with E-state index in [9.17, 15) is 4.79 Å². The van der Waals surface area contributed by atoms with Gasteiger partial charge in [-0.2, -0.15) is 0 Å². The van der Waals surface area contributed by atoms with Crippen molar-refractivity contribution in [2.24, 2.45) is 5.92 Å². The number of para-hydroxylation sites is 1. The number of carbonyl (C=O) groups is 1. The van der Waals surface area contributed by atoms with E-state index in [0.29, 0.717) is 12.5 Å². The van der Waals surface area contributed by atoms with E-state index in [4.69, 9.17) is 4.74 Å². The van der Waals surface area contributed by atoms with Crippen molar-refractivity contribution in [1.29, 1.82) is 0 Å². The van der Waals surface area contributed by atoms with Crippen LogP contribution in [0.2, 0.25) is 0 Å². The number of benzene rings is 1. The molecule has 4 nitrogen and oxygen atoms in total. The molecule has 1 aliphatic heterocycles. The Morgan fingerprint density at radius 3 is 2.67 bits per heavy atom. The Kier molecular flexibility index (Phi) is 5.62.